The Labute approximate surface area is 91.6 Å². The summed E-state index contributed by atoms with van der Waals surface area (Å²) < 4.78 is 13.6. The van der Waals surface area contributed by atoms with Crippen LogP contribution in [0.15, 0.2) is 30.5 Å². The minimum atomic E-state index is -0.514. The van der Waals surface area contributed by atoms with E-state index in [0.29, 0.717) is 16.9 Å². The number of nitrogens with two attached hydrogens (primary N) is 2. The van der Waals surface area contributed by atoms with Crippen LogP contribution in [0.2, 0.25) is 0 Å². The second kappa shape index (κ2) is 4.30. The van der Waals surface area contributed by atoms with Gasteiger partial charge in [0.25, 0.3) is 0 Å². The SMILES string of the molecule is NNC(c1ccccc1F)c1cn[nH]c1N. The molecule has 0 saturated heterocycles. The molecule has 0 radical (unpaired) electrons. The van der Waals surface area contributed by atoms with Crippen molar-refractivity contribution in [1.29, 1.82) is 0 Å². The number of benzene rings is 1. The Morgan fingerprint density at radius 2 is 2.06 bits per heavy atom. The van der Waals surface area contributed by atoms with Crippen molar-refractivity contribution in [2.24, 2.45) is 5.84 Å². The molecule has 0 aliphatic heterocycles. The van der Waals surface area contributed by atoms with Gasteiger partial charge in [0.2, 0.25) is 0 Å². The van der Waals surface area contributed by atoms with Gasteiger partial charge in [-0.15, -0.1) is 0 Å². The first-order valence-corrected chi connectivity index (χ1v) is 4.73. The van der Waals surface area contributed by atoms with E-state index in [2.05, 4.69) is 15.6 Å². The quantitative estimate of drug-likeness (QED) is 0.453. The molecule has 1 unspecified atom stereocenters. The van der Waals surface area contributed by atoms with E-state index in [9.17, 15) is 4.39 Å². The lowest BCUT2D eigenvalue weighted by atomic mass is 10.0. The summed E-state index contributed by atoms with van der Waals surface area (Å²) in [5, 5.41) is 6.36. The molecule has 0 aliphatic carbocycles. The smallest absolute Gasteiger partial charge is 0.128 e. The third-order valence-electron chi connectivity index (χ3n) is 2.39. The number of aromatic amines is 1. The largest absolute Gasteiger partial charge is 0.384 e. The molecule has 2 rings (SSSR count). The predicted molar refractivity (Wildman–Crippen MR) is 58.6 cm³/mol. The zero-order valence-corrected chi connectivity index (χ0v) is 8.44. The maximum Gasteiger partial charge on any atom is 0.128 e. The number of anilines is 1. The number of halogens is 1. The highest BCUT2D eigenvalue weighted by Gasteiger charge is 2.19. The fourth-order valence-corrected chi connectivity index (χ4v) is 1.59. The van der Waals surface area contributed by atoms with Gasteiger partial charge in [0.15, 0.2) is 0 Å². The van der Waals surface area contributed by atoms with Gasteiger partial charge in [-0.1, -0.05) is 18.2 Å². The molecule has 0 spiro atoms. The average Bonchev–Trinajstić information content (AvgIpc) is 2.69. The molecule has 1 aromatic carbocycles. The number of hydrazine groups is 1. The van der Waals surface area contributed by atoms with Gasteiger partial charge in [0.1, 0.15) is 11.6 Å². The molecule has 6 heteroatoms. The van der Waals surface area contributed by atoms with Gasteiger partial charge >= 0.3 is 0 Å². The summed E-state index contributed by atoms with van der Waals surface area (Å²) in [6.45, 7) is 0. The maximum absolute atomic E-state index is 13.6. The second-order valence-corrected chi connectivity index (χ2v) is 3.36. The van der Waals surface area contributed by atoms with Crippen LogP contribution in [0.3, 0.4) is 0 Å². The molecule has 2 aromatic rings. The number of hydrogen-bond donors (Lipinski definition) is 4. The fourth-order valence-electron chi connectivity index (χ4n) is 1.59. The zero-order chi connectivity index (χ0) is 11.5. The third kappa shape index (κ3) is 1.75. The topological polar surface area (TPSA) is 92.7 Å². The molecule has 0 saturated carbocycles. The van der Waals surface area contributed by atoms with E-state index in [0.717, 1.165) is 0 Å². The van der Waals surface area contributed by atoms with E-state index < -0.39 is 6.04 Å². The van der Waals surface area contributed by atoms with Crippen LogP contribution in [0.25, 0.3) is 0 Å². The van der Waals surface area contributed by atoms with Crippen LogP contribution in [0.1, 0.15) is 17.2 Å². The van der Waals surface area contributed by atoms with Gasteiger partial charge in [-0.3, -0.25) is 10.9 Å². The Balaban J connectivity index is 2.45. The highest BCUT2D eigenvalue weighted by Crippen LogP contribution is 2.26. The molecule has 0 aliphatic rings. The van der Waals surface area contributed by atoms with E-state index in [1.807, 2.05) is 0 Å². The number of H-pyrrole nitrogens is 1. The van der Waals surface area contributed by atoms with Crippen LogP contribution in [0.4, 0.5) is 10.2 Å². The van der Waals surface area contributed by atoms with E-state index in [4.69, 9.17) is 11.6 Å². The summed E-state index contributed by atoms with van der Waals surface area (Å²) in [5.41, 5.74) is 9.24. The van der Waals surface area contributed by atoms with Crippen molar-refractivity contribution in [3.63, 3.8) is 0 Å². The standard InChI is InChI=1S/C10H12FN5/c11-8-4-2-1-3-6(8)9(15-13)7-5-14-16-10(7)12/h1-5,9,15H,13H2,(H3,12,14,16). The second-order valence-electron chi connectivity index (χ2n) is 3.36. The predicted octanol–water partition coefficient (Wildman–Crippen LogP) is 0.684. The molecule has 5 nitrogen and oxygen atoms in total. The first-order valence-electron chi connectivity index (χ1n) is 4.73. The Hall–Kier alpha value is -1.92. The van der Waals surface area contributed by atoms with Gasteiger partial charge in [0, 0.05) is 11.1 Å². The normalized spacial score (nSPS) is 12.6. The molecular weight excluding hydrogens is 209 g/mol. The fraction of sp³-hybridized carbons (Fsp3) is 0.100. The molecule has 1 atom stereocenters. The van der Waals surface area contributed by atoms with E-state index in [1.54, 1.807) is 18.2 Å². The number of hydrogen-bond acceptors (Lipinski definition) is 4. The van der Waals surface area contributed by atoms with Crippen LogP contribution < -0.4 is 17.0 Å². The van der Waals surface area contributed by atoms with Crippen molar-refractivity contribution in [2.75, 3.05) is 5.73 Å². The number of aromatic nitrogens is 2. The van der Waals surface area contributed by atoms with Crippen LogP contribution in [0.5, 0.6) is 0 Å². The highest BCUT2D eigenvalue weighted by molar-refractivity contribution is 5.44. The van der Waals surface area contributed by atoms with Gasteiger partial charge in [-0.05, 0) is 6.07 Å². The molecule has 1 aromatic heterocycles. The lowest BCUT2D eigenvalue weighted by Crippen LogP contribution is -2.29. The Morgan fingerprint density at radius 1 is 1.31 bits per heavy atom. The lowest BCUT2D eigenvalue weighted by Gasteiger charge is -2.16. The number of nitrogen functional groups attached to an aromatic ring is 1. The van der Waals surface area contributed by atoms with Crippen LogP contribution in [0, 0.1) is 5.82 Å². The summed E-state index contributed by atoms with van der Waals surface area (Å²) in [6, 6.07) is 5.85. The summed E-state index contributed by atoms with van der Waals surface area (Å²) in [7, 11) is 0. The molecule has 84 valence electrons. The Bertz CT molecular complexity index is 482. The number of rotatable bonds is 3. The van der Waals surface area contributed by atoms with Crippen LogP contribution >= 0.6 is 0 Å². The van der Waals surface area contributed by atoms with E-state index in [1.165, 1.54) is 12.3 Å². The molecular formula is C10H12FN5. The molecule has 0 bridgehead atoms. The van der Waals surface area contributed by atoms with Crippen molar-refractivity contribution in [3.05, 3.63) is 47.4 Å². The molecule has 6 N–H and O–H groups in total. The minimum Gasteiger partial charge on any atom is -0.384 e. The van der Waals surface area contributed by atoms with Crippen molar-refractivity contribution >= 4 is 5.82 Å². The summed E-state index contributed by atoms with van der Waals surface area (Å²) in [5.74, 6) is 5.45. The van der Waals surface area contributed by atoms with E-state index >= 15 is 0 Å². The van der Waals surface area contributed by atoms with Gasteiger partial charge in [0.05, 0.1) is 12.2 Å². The van der Waals surface area contributed by atoms with Crippen LogP contribution in [-0.4, -0.2) is 10.2 Å². The van der Waals surface area contributed by atoms with Crippen LogP contribution in [-0.2, 0) is 0 Å². The summed E-state index contributed by atoms with van der Waals surface area (Å²) >= 11 is 0. The summed E-state index contributed by atoms with van der Waals surface area (Å²) in [4.78, 5) is 0. The van der Waals surface area contributed by atoms with E-state index in [-0.39, 0.29) is 5.82 Å². The lowest BCUT2D eigenvalue weighted by molar-refractivity contribution is 0.561. The van der Waals surface area contributed by atoms with Gasteiger partial charge in [-0.2, -0.15) is 5.10 Å². The van der Waals surface area contributed by atoms with Crippen molar-refractivity contribution in [3.8, 4) is 0 Å². The minimum absolute atomic E-state index is 0.342. The Morgan fingerprint density at radius 3 is 2.62 bits per heavy atom. The summed E-state index contributed by atoms with van der Waals surface area (Å²) in [6.07, 6.45) is 1.52. The molecule has 0 amide bonds. The zero-order valence-electron chi connectivity index (χ0n) is 8.44. The monoisotopic (exact) mass is 221 g/mol. The maximum atomic E-state index is 13.6. The van der Waals surface area contributed by atoms with Crippen molar-refractivity contribution in [2.45, 2.75) is 6.04 Å². The van der Waals surface area contributed by atoms with Crippen molar-refractivity contribution in [1.82, 2.24) is 15.6 Å². The van der Waals surface area contributed by atoms with Gasteiger partial charge < -0.3 is 5.73 Å². The third-order valence-corrected chi connectivity index (χ3v) is 2.39. The molecule has 1 heterocycles. The van der Waals surface area contributed by atoms with Crippen molar-refractivity contribution < 1.29 is 4.39 Å². The van der Waals surface area contributed by atoms with Gasteiger partial charge in [-0.25, -0.2) is 9.82 Å². The Kier molecular flexibility index (Phi) is 2.84. The highest BCUT2D eigenvalue weighted by atomic mass is 19.1. The molecule has 16 heavy (non-hydrogen) atoms. The first-order chi connectivity index (χ1) is 7.74. The number of nitrogens with zero attached hydrogens (tertiary/aromatic N) is 1. The molecule has 0 fully saturated rings. The number of nitrogens with one attached hydrogen (secondary N) is 2. The first kappa shape index (κ1) is 10.6. The average molecular weight is 221 g/mol.